The lowest BCUT2D eigenvalue weighted by Gasteiger charge is -2.11. The maximum Gasteiger partial charge on any atom is 0.0584 e. The molecular weight excluding hydrogens is 356 g/mol. The van der Waals surface area contributed by atoms with E-state index in [4.69, 9.17) is 11.6 Å². The van der Waals surface area contributed by atoms with Crippen molar-refractivity contribution >= 4 is 43.1 Å². The zero-order chi connectivity index (χ0) is 17.5. The molecule has 0 aliphatic rings. The predicted molar refractivity (Wildman–Crippen MR) is 115 cm³/mol. The normalized spacial score (nSPS) is 11.3. The summed E-state index contributed by atoms with van der Waals surface area (Å²) in [5.74, 6) is 0. The van der Waals surface area contributed by atoms with Gasteiger partial charge in [-0.2, -0.15) is 0 Å². The number of thiophene rings is 1. The van der Waals surface area contributed by atoms with Gasteiger partial charge in [0.25, 0.3) is 0 Å². The highest BCUT2D eigenvalue weighted by molar-refractivity contribution is 7.26. The van der Waals surface area contributed by atoms with E-state index < -0.39 is 0 Å². The Balaban J connectivity index is 1.87. The van der Waals surface area contributed by atoms with E-state index in [-0.39, 0.29) is 0 Å². The molecule has 5 aromatic rings. The summed E-state index contributed by atoms with van der Waals surface area (Å²) < 4.78 is 2.43. The Labute approximate surface area is 161 Å². The van der Waals surface area contributed by atoms with Crippen molar-refractivity contribution in [3.8, 4) is 22.3 Å². The summed E-state index contributed by atoms with van der Waals surface area (Å²) >= 11 is 8.23. The van der Waals surface area contributed by atoms with E-state index >= 15 is 0 Å². The van der Waals surface area contributed by atoms with Gasteiger partial charge in [0.15, 0.2) is 0 Å². The van der Waals surface area contributed by atoms with Crippen LogP contribution in [-0.2, 0) is 0 Å². The molecule has 0 aliphatic heterocycles. The number of rotatable bonds is 2. The highest BCUT2D eigenvalue weighted by atomic mass is 35.5. The summed E-state index contributed by atoms with van der Waals surface area (Å²) in [6.45, 7) is 0. The lowest BCUT2D eigenvalue weighted by atomic mass is 9.92. The van der Waals surface area contributed by atoms with Gasteiger partial charge >= 0.3 is 0 Å². The molecule has 0 saturated heterocycles. The SMILES string of the molecule is Clc1cccc2c1sc1cccc(-c3ccccc3-c3ccccc3)c12. The standard InChI is InChI=1S/C24H15ClS/c25-21-14-6-13-20-23-19(12-7-15-22(23)26-24(20)21)18-11-5-4-10-17(18)16-8-2-1-3-9-16/h1-15H. The van der Waals surface area contributed by atoms with Crippen LogP contribution in [0.3, 0.4) is 0 Å². The van der Waals surface area contributed by atoms with E-state index in [0.717, 1.165) is 9.72 Å². The third-order valence-corrected chi connectivity index (χ3v) is 6.41. The Morgan fingerprint density at radius 2 is 1.27 bits per heavy atom. The van der Waals surface area contributed by atoms with Crippen LogP contribution in [0, 0.1) is 0 Å². The van der Waals surface area contributed by atoms with E-state index in [1.54, 1.807) is 11.3 Å². The van der Waals surface area contributed by atoms with E-state index in [9.17, 15) is 0 Å². The van der Waals surface area contributed by atoms with Crippen LogP contribution >= 0.6 is 22.9 Å². The molecule has 0 bridgehead atoms. The van der Waals surface area contributed by atoms with Crippen molar-refractivity contribution in [1.29, 1.82) is 0 Å². The lowest BCUT2D eigenvalue weighted by molar-refractivity contribution is 1.60. The molecule has 0 aliphatic carbocycles. The molecule has 0 fully saturated rings. The largest absolute Gasteiger partial charge is 0.134 e. The minimum atomic E-state index is 0.825. The van der Waals surface area contributed by atoms with Gasteiger partial charge in [-0.3, -0.25) is 0 Å². The summed E-state index contributed by atoms with van der Waals surface area (Å²) in [5, 5.41) is 3.35. The maximum absolute atomic E-state index is 6.46. The summed E-state index contributed by atoms with van der Waals surface area (Å²) in [5.41, 5.74) is 5.00. The first-order valence-electron chi connectivity index (χ1n) is 8.57. The van der Waals surface area contributed by atoms with E-state index in [0.29, 0.717) is 0 Å². The number of halogens is 1. The summed E-state index contributed by atoms with van der Waals surface area (Å²) in [7, 11) is 0. The van der Waals surface area contributed by atoms with Gasteiger partial charge < -0.3 is 0 Å². The van der Waals surface area contributed by atoms with Gasteiger partial charge in [-0.15, -0.1) is 11.3 Å². The van der Waals surface area contributed by atoms with Crippen molar-refractivity contribution in [2.45, 2.75) is 0 Å². The molecule has 2 heteroatoms. The molecule has 0 saturated carbocycles. The second-order valence-electron chi connectivity index (χ2n) is 6.31. The Kier molecular flexibility index (Phi) is 3.77. The van der Waals surface area contributed by atoms with Gasteiger partial charge in [-0.05, 0) is 34.4 Å². The summed E-state index contributed by atoms with van der Waals surface area (Å²) in [6, 6.07) is 31.9. The molecular formula is C24H15ClS. The van der Waals surface area contributed by atoms with Gasteiger partial charge in [-0.25, -0.2) is 0 Å². The molecule has 0 unspecified atom stereocenters. The number of fused-ring (bicyclic) bond motifs is 3. The highest BCUT2D eigenvalue weighted by Gasteiger charge is 2.14. The Hall–Kier alpha value is -2.61. The number of benzene rings is 4. The van der Waals surface area contributed by atoms with Gasteiger partial charge in [0.2, 0.25) is 0 Å². The fourth-order valence-corrected chi connectivity index (χ4v) is 5.05. The van der Waals surface area contributed by atoms with Crippen LogP contribution in [0.25, 0.3) is 42.4 Å². The average molecular weight is 371 g/mol. The average Bonchev–Trinajstić information content (AvgIpc) is 3.09. The molecule has 4 aromatic carbocycles. The molecule has 1 heterocycles. The van der Waals surface area contributed by atoms with Crippen LogP contribution in [0.5, 0.6) is 0 Å². The van der Waals surface area contributed by atoms with Crippen molar-refractivity contribution in [3.63, 3.8) is 0 Å². The molecule has 5 rings (SSSR count). The van der Waals surface area contributed by atoms with E-state index in [1.807, 2.05) is 12.1 Å². The van der Waals surface area contributed by atoms with Crippen LogP contribution in [-0.4, -0.2) is 0 Å². The maximum atomic E-state index is 6.46. The third kappa shape index (κ3) is 2.44. The smallest absolute Gasteiger partial charge is 0.0584 e. The highest BCUT2D eigenvalue weighted by Crippen LogP contribution is 2.44. The molecule has 0 amide bonds. The van der Waals surface area contributed by atoms with Gasteiger partial charge in [0, 0.05) is 15.5 Å². The Morgan fingerprint density at radius 3 is 2.12 bits per heavy atom. The molecule has 0 atom stereocenters. The van der Waals surface area contributed by atoms with Gasteiger partial charge in [0.1, 0.15) is 0 Å². The Morgan fingerprint density at radius 1 is 0.577 bits per heavy atom. The van der Waals surface area contributed by atoms with Crippen LogP contribution in [0.1, 0.15) is 0 Å². The molecule has 124 valence electrons. The molecule has 26 heavy (non-hydrogen) atoms. The van der Waals surface area contributed by atoms with E-state index in [1.165, 1.54) is 37.7 Å². The monoisotopic (exact) mass is 370 g/mol. The van der Waals surface area contributed by atoms with Crippen molar-refractivity contribution in [3.05, 3.63) is 96.0 Å². The quantitative estimate of drug-likeness (QED) is 0.295. The van der Waals surface area contributed by atoms with Gasteiger partial charge in [0.05, 0.1) is 9.72 Å². The lowest BCUT2D eigenvalue weighted by Crippen LogP contribution is -1.85. The minimum absolute atomic E-state index is 0.825. The first-order valence-corrected chi connectivity index (χ1v) is 9.77. The van der Waals surface area contributed by atoms with Crippen LogP contribution in [0.4, 0.5) is 0 Å². The molecule has 1 aromatic heterocycles. The van der Waals surface area contributed by atoms with Crippen molar-refractivity contribution in [2.75, 3.05) is 0 Å². The molecule has 0 nitrogen and oxygen atoms in total. The first-order chi connectivity index (χ1) is 12.8. The van der Waals surface area contributed by atoms with E-state index in [2.05, 4.69) is 78.9 Å². The summed E-state index contributed by atoms with van der Waals surface area (Å²) in [6.07, 6.45) is 0. The third-order valence-electron chi connectivity index (χ3n) is 4.78. The number of hydrogen-bond donors (Lipinski definition) is 0. The summed E-state index contributed by atoms with van der Waals surface area (Å²) in [4.78, 5) is 0. The van der Waals surface area contributed by atoms with Gasteiger partial charge in [-0.1, -0.05) is 90.5 Å². The topological polar surface area (TPSA) is 0 Å². The Bertz CT molecular complexity index is 1240. The molecule has 0 N–H and O–H groups in total. The minimum Gasteiger partial charge on any atom is -0.134 e. The fourth-order valence-electron chi connectivity index (χ4n) is 3.63. The zero-order valence-electron chi connectivity index (χ0n) is 13.9. The second-order valence-corrected chi connectivity index (χ2v) is 7.77. The first kappa shape index (κ1) is 15.6. The fraction of sp³-hybridized carbons (Fsp3) is 0. The predicted octanol–water partition coefficient (Wildman–Crippen LogP) is 8.04. The van der Waals surface area contributed by atoms with Crippen LogP contribution in [0.2, 0.25) is 5.02 Å². The second kappa shape index (κ2) is 6.28. The van der Waals surface area contributed by atoms with Crippen molar-refractivity contribution in [2.24, 2.45) is 0 Å². The van der Waals surface area contributed by atoms with Crippen molar-refractivity contribution < 1.29 is 0 Å². The van der Waals surface area contributed by atoms with Crippen molar-refractivity contribution in [1.82, 2.24) is 0 Å². The molecule has 0 spiro atoms. The van der Waals surface area contributed by atoms with Crippen LogP contribution < -0.4 is 0 Å². The zero-order valence-corrected chi connectivity index (χ0v) is 15.5. The molecule has 0 radical (unpaired) electrons. The number of hydrogen-bond acceptors (Lipinski definition) is 1. The van der Waals surface area contributed by atoms with Crippen LogP contribution in [0.15, 0.2) is 91.0 Å².